The van der Waals surface area contributed by atoms with Gasteiger partial charge in [0.25, 0.3) is 5.91 Å². The largest absolute Gasteiger partial charge is 0.466 e. The Morgan fingerprint density at radius 1 is 1.21 bits per heavy atom. The van der Waals surface area contributed by atoms with E-state index in [4.69, 9.17) is 4.42 Å². The molecule has 124 valence electrons. The Morgan fingerprint density at radius 2 is 2.04 bits per heavy atom. The minimum Gasteiger partial charge on any atom is -0.466 e. The molecular weight excluding hydrogens is 336 g/mol. The molecule has 2 N–H and O–H groups in total. The number of benzene rings is 1. The predicted octanol–water partition coefficient (Wildman–Crippen LogP) is 3.63. The number of amides is 1. The van der Waals surface area contributed by atoms with E-state index in [-0.39, 0.29) is 12.1 Å². The van der Waals surface area contributed by atoms with Crippen LogP contribution in [-0.2, 0) is 6.54 Å². The van der Waals surface area contributed by atoms with Crippen molar-refractivity contribution in [2.45, 2.75) is 12.6 Å². The quantitative estimate of drug-likeness (QED) is 0.739. The van der Waals surface area contributed by atoms with Crippen LogP contribution in [0.5, 0.6) is 0 Å². The first-order valence-electron chi connectivity index (χ1n) is 7.08. The molecule has 0 spiro atoms. The summed E-state index contributed by atoms with van der Waals surface area (Å²) in [6, 6.07) is 9.87. The fraction of sp³-hybridized carbons (Fsp3) is 0.118. The lowest BCUT2D eigenvalue weighted by molar-refractivity contribution is 0.0950. The standard InChI is InChI=1S/C17H13F2NO3S/c18-12-5-3-10(8-13(12)19)17(22)20-9-11-4-6-15(24-11)16(21)14-2-1-7-23-14/h1-8,16,21H,9H2,(H,20,22). The number of hydrogen-bond donors (Lipinski definition) is 2. The number of aliphatic hydroxyl groups is 1. The number of rotatable bonds is 5. The van der Waals surface area contributed by atoms with Gasteiger partial charge in [-0.1, -0.05) is 0 Å². The van der Waals surface area contributed by atoms with E-state index in [1.165, 1.54) is 23.7 Å². The molecule has 7 heteroatoms. The minimum absolute atomic E-state index is 0.0429. The van der Waals surface area contributed by atoms with Gasteiger partial charge in [-0.25, -0.2) is 8.78 Å². The summed E-state index contributed by atoms with van der Waals surface area (Å²) in [5.41, 5.74) is 0.0429. The van der Waals surface area contributed by atoms with Crippen LogP contribution in [0.1, 0.15) is 32.0 Å². The highest BCUT2D eigenvalue weighted by Gasteiger charge is 2.16. The summed E-state index contributed by atoms with van der Waals surface area (Å²) in [4.78, 5) is 13.4. The van der Waals surface area contributed by atoms with Crippen molar-refractivity contribution in [3.8, 4) is 0 Å². The normalized spacial score (nSPS) is 12.1. The highest BCUT2D eigenvalue weighted by atomic mass is 32.1. The van der Waals surface area contributed by atoms with E-state index < -0.39 is 23.6 Å². The van der Waals surface area contributed by atoms with Gasteiger partial charge in [0.2, 0.25) is 0 Å². The van der Waals surface area contributed by atoms with E-state index in [2.05, 4.69) is 5.32 Å². The fourth-order valence-electron chi connectivity index (χ4n) is 2.13. The van der Waals surface area contributed by atoms with Gasteiger partial charge in [-0.2, -0.15) is 0 Å². The summed E-state index contributed by atoms with van der Waals surface area (Å²) in [6.45, 7) is 0.216. The SMILES string of the molecule is O=C(NCc1ccc(C(O)c2ccco2)s1)c1ccc(F)c(F)c1. The van der Waals surface area contributed by atoms with Gasteiger partial charge in [0.15, 0.2) is 11.6 Å². The molecule has 2 heterocycles. The van der Waals surface area contributed by atoms with Gasteiger partial charge in [-0.3, -0.25) is 4.79 Å². The average molecular weight is 349 g/mol. The highest BCUT2D eigenvalue weighted by molar-refractivity contribution is 7.12. The van der Waals surface area contributed by atoms with Crippen molar-refractivity contribution < 1.29 is 23.1 Å². The van der Waals surface area contributed by atoms with Crippen LogP contribution in [0.2, 0.25) is 0 Å². The molecule has 0 fully saturated rings. The van der Waals surface area contributed by atoms with Crippen molar-refractivity contribution >= 4 is 17.2 Å². The maximum atomic E-state index is 13.1. The van der Waals surface area contributed by atoms with Crippen molar-refractivity contribution in [1.29, 1.82) is 0 Å². The van der Waals surface area contributed by atoms with E-state index >= 15 is 0 Å². The third-order valence-corrected chi connectivity index (χ3v) is 4.51. The van der Waals surface area contributed by atoms with Crippen LogP contribution in [-0.4, -0.2) is 11.0 Å². The smallest absolute Gasteiger partial charge is 0.251 e. The monoisotopic (exact) mass is 349 g/mol. The van der Waals surface area contributed by atoms with Gasteiger partial charge in [0, 0.05) is 15.3 Å². The van der Waals surface area contributed by atoms with E-state index in [1.54, 1.807) is 24.3 Å². The van der Waals surface area contributed by atoms with Crippen LogP contribution >= 0.6 is 11.3 Å². The van der Waals surface area contributed by atoms with Crippen molar-refractivity contribution in [2.24, 2.45) is 0 Å². The Morgan fingerprint density at radius 3 is 2.75 bits per heavy atom. The molecule has 0 aliphatic heterocycles. The summed E-state index contributed by atoms with van der Waals surface area (Å²) < 4.78 is 31.2. The average Bonchev–Trinajstić information content (AvgIpc) is 3.26. The number of nitrogens with one attached hydrogen (secondary N) is 1. The molecular formula is C17H13F2NO3S. The lowest BCUT2D eigenvalue weighted by Crippen LogP contribution is -2.22. The highest BCUT2D eigenvalue weighted by Crippen LogP contribution is 2.28. The molecule has 0 radical (unpaired) electrons. The molecule has 4 nitrogen and oxygen atoms in total. The number of hydrogen-bond acceptors (Lipinski definition) is 4. The molecule has 0 bridgehead atoms. The maximum Gasteiger partial charge on any atom is 0.251 e. The summed E-state index contributed by atoms with van der Waals surface area (Å²) in [7, 11) is 0. The second-order valence-corrected chi connectivity index (χ2v) is 6.23. The number of carbonyl (C=O) groups excluding carboxylic acids is 1. The topological polar surface area (TPSA) is 62.5 Å². The summed E-state index contributed by atoms with van der Waals surface area (Å²) in [6.07, 6.45) is 0.621. The number of furan rings is 1. The van der Waals surface area contributed by atoms with Crippen molar-refractivity contribution in [2.75, 3.05) is 0 Å². The van der Waals surface area contributed by atoms with Gasteiger partial charge in [0.05, 0.1) is 12.8 Å². The lowest BCUT2D eigenvalue weighted by atomic mass is 10.2. The second kappa shape index (κ2) is 6.94. The molecule has 3 rings (SSSR count). The molecule has 0 saturated carbocycles. The summed E-state index contributed by atoms with van der Waals surface area (Å²) >= 11 is 1.32. The van der Waals surface area contributed by atoms with E-state index in [9.17, 15) is 18.7 Å². The zero-order chi connectivity index (χ0) is 17.1. The van der Waals surface area contributed by atoms with Crippen LogP contribution < -0.4 is 5.32 Å². The third kappa shape index (κ3) is 3.52. The predicted molar refractivity (Wildman–Crippen MR) is 84.6 cm³/mol. The van der Waals surface area contributed by atoms with Gasteiger partial charge in [-0.15, -0.1) is 11.3 Å². The Balaban J connectivity index is 1.63. The minimum atomic E-state index is -1.07. The first-order chi connectivity index (χ1) is 11.5. The molecule has 2 aromatic heterocycles. The molecule has 0 aliphatic carbocycles. The Labute approximate surface area is 140 Å². The molecule has 1 aromatic carbocycles. The summed E-state index contributed by atoms with van der Waals surface area (Å²) in [5.74, 6) is -2.13. The zero-order valence-electron chi connectivity index (χ0n) is 12.3. The molecule has 0 saturated heterocycles. The number of halogens is 2. The molecule has 1 atom stereocenters. The number of aliphatic hydroxyl groups excluding tert-OH is 1. The Kier molecular flexibility index (Phi) is 4.73. The van der Waals surface area contributed by atoms with Crippen molar-refractivity contribution in [3.63, 3.8) is 0 Å². The van der Waals surface area contributed by atoms with Crippen LogP contribution in [0.15, 0.2) is 53.1 Å². The fourth-order valence-corrected chi connectivity index (χ4v) is 3.08. The summed E-state index contributed by atoms with van der Waals surface area (Å²) in [5, 5.41) is 12.8. The van der Waals surface area contributed by atoms with Gasteiger partial charge >= 0.3 is 0 Å². The number of carbonyl (C=O) groups is 1. The Hall–Kier alpha value is -2.51. The molecule has 1 amide bonds. The first-order valence-corrected chi connectivity index (χ1v) is 7.89. The van der Waals surface area contributed by atoms with Gasteiger partial charge in [0.1, 0.15) is 11.9 Å². The Bertz CT molecular complexity index is 845. The molecule has 24 heavy (non-hydrogen) atoms. The van der Waals surface area contributed by atoms with Gasteiger partial charge in [-0.05, 0) is 42.5 Å². The van der Waals surface area contributed by atoms with E-state index in [0.717, 1.165) is 17.0 Å². The van der Waals surface area contributed by atoms with Crippen molar-refractivity contribution in [3.05, 3.63) is 81.4 Å². The molecule has 3 aromatic rings. The van der Waals surface area contributed by atoms with Crippen molar-refractivity contribution in [1.82, 2.24) is 5.32 Å². The zero-order valence-corrected chi connectivity index (χ0v) is 13.1. The van der Waals surface area contributed by atoms with Gasteiger partial charge < -0.3 is 14.8 Å². The molecule has 1 unspecified atom stereocenters. The van der Waals surface area contributed by atoms with E-state index in [1.807, 2.05) is 0 Å². The lowest BCUT2D eigenvalue weighted by Gasteiger charge is -2.05. The maximum absolute atomic E-state index is 13.1. The van der Waals surface area contributed by atoms with Crippen LogP contribution in [0.3, 0.4) is 0 Å². The van der Waals surface area contributed by atoms with Crippen LogP contribution in [0.25, 0.3) is 0 Å². The van der Waals surface area contributed by atoms with E-state index in [0.29, 0.717) is 10.6 Å². The van der Waals surface area contributed by atoms with Crippen LogP contribution in [0.4, 0.5) is 8.78 Å². The second-order valence-electron chi connectivity index (χ2n) is 5.03. The van der Waals surface area contributed by atoms with Crippen LogP contribution in [0, 0.1) is 11.6 Å². The third-order valence-electron chi connectivity index (χ3n) is 3.37. The molecule has 0 aliphatic rings. The first kappa shape index (κ1) is 16.4. The number of thiophene rings is 1.